The number of halogens is 2. The first-order chi connectivity index (χ1) is 13.9. The maximum absolute atomic E-state index is 13.3. The smallest absolute Gasteiger partial charge is 0.301 e. The minimum atomic E-state index is -0.929. The molecule has 0 bridgehead atoms. The summed E-state index contributed by atoms with van der Waals surface area (Å²) < 4.78 is 19.1. The summed E-state index contributed by atoms with van der Waals surface area (Å²) in [5.41, 5.74) is 0.698. The number of aliphatic hydroxyl groups excluding tert-OH is 1. The van der Waals surface area contributed by atoms with E-state index >= 15 is 0 Å². The highest BCUT2D eigenvalue weighted by atomic mass is 79.9. The van der Waals surface area contributed by atoms with Crippen LogP contribution in [0, 0.1) is 12.7 Å². The van der Waals surface area contributed by atoms with Crippen molar-refractivity contribution in [2.75, 3.05) is 4.90 Å². The summed E-state index contributed by atoms with van der Waals surface area (Å²) in [5, 5.41) is 14.7. The summed E-state index contributed by atoms with van der Waals surface area (Å²) in [7, 11) is 0. The maximum atomic E-state index is 13.3. The molecule has 1 aliphatic rings. The molecule has 6 nitrogen and oxygen atoms in total. The fourth-order valence-electron chi connectivity index (χ4n) is 3.29. The van der Waals surface area contributed by atoms with Crippen molar-refractivity contribution in [3.63, 3.8) is 0 Å². The van der Waals surface area contributed by atoms with Crippen LogP contribution in [0.2, 0.25) is 0 Å². The van der Waals surface area contributed by atoms with Gasteiger partial charge in [-0.15, -0.1) is 0 Å². The second-order valence-electron chi connectivity index (χ2n) is 6.53. The number of anilines is 1. The first-order valence-electron chi connectivity index (χ1n) is 8.62. The Kier molecular flexibility index (Phi) is 4.79. The molecule has 1 saturated heterocycles. The summed E-state index contributed by atoms with van der Waals surface area (Å²) in [6.07, 6.45) is 0. The van der Waals surface area contributed by atoms with E-state index in [0.29, 0.717) is 11.3 Å². The average molecular weight is 457 g/mol. The summed E-state index contributed by atoms with van der Waals surface area (Å²) >= 11 is 3.39. The van der Waals surface area contributed by atoms with Gasteiger partial charge in [-0.05, 0) is 48.9 Å². The lowest BCUT2D eigenvalue weighted by molar-refractivity contribution is -0.132. The lowest BCUT2D eigenvalue weighted by Crippen LogP contribution is -2.29. The van der Waals surface area contributed by atoms with E-state index in [1.54, 1.807) is 31.2 Å². The number of ketones is 1. The number of aryl methyl sites for hydroxylation is 1. The first kappa shape index (κ1) is 19.1. The Morgan fingerprint density at radius 1 is 1.17 bits per heavy atom. The van der Waals surface area contributed by atoms with Crippen LogP contribution in [0.25, 0.3) is 5.76 Å². The third-order valence-electron chi connectivity index (χ3n) is 4.59. The summed E-state index contributed by atoms with van der Waals surface area (Å²) in [6.45, 7) is 1.67. The third-order valence-corrected chi connectivity index (χ3v) is 5.08. The highest BCUT2D eigenvalue weighted by molar-refractivity contribution is 9.10. The van der Waals surface area contributed by atoms with E-state index in [1.165, 1.54) is 35.2 Å². The SMILES string of the molecule is Cc1cc(N2C(=O)C(=O)/C(=C(/O)c3ccc(F)cc3)[C@H]2c2cccc(Br)c2)no1. The monoisotopic (exact) mass is 456 g/mol. The second kappa shape index (κ2) is 7.29. The Balaban J connectivity index is 1.95. The standard InChI is InChI=1S/C21H14BrFN2O4/c1-11-9-16(24-29-11)25-18(13-3-2-4-14(22)10-13)17(20(27)21(25)28)19(26)12-5-7-15(23)8-6-12/h2-10,18,26H,1H3/b19-17+/t18-/m1/s1. The quantitative estimate of drug-likeness (QED) is 0.356. The van der Waals surface area contributed by atoms with Gasteiger partial charge in [-0.25, -0.2) is 4.39 Å². The first-order valence-corrected chi connectivity index (χ1v) is 9.42. The van der Waals surface area contributed by atoms with Crippen LogP contribution in [0.5, 0.6) is 0 Å². The third kappa shape index (κ3) is 3.36. The molecule has 2 heterocycles. The van der Waals surface area contributed by atoms with E-state index < -0.39 is 29.3 Å². The van der Waals surface area contributed by atoms with Gasteiger partial charge in [-0.1, -0.05) is 33.2 Å². The topological polar surface area (TPSA) is 83.6 Å². The van der Waals surface area contributed by atoms with Crippen molar-refractivity contribution < 1.29 is 23.6 Å². The zero-order valence-electron chi connectivity index (χ0n) is 15.1. The summed E-state index contributed by atoms with van der Waals surface area (Å²) in [6, 6.07) is 12.7. The molecule has 0 saturated carbocycles. The van der Waals surface area contributed by atoms with Crippen LogP contribution in [-0.2, 0) is 9.59 Å². The Hall–Kier alpha value is -3.26. The van der Waals surface area contributed by atoms with Gasteiger partial charge in [0.1, 0.15) is 17.3 Å². The van der Waals surface area contributed by atoms with Crippen LogP contribution >= 0.6 is 15.9 Å². The lowest BCUT2D eigenvalue weighted by atomic mass is 9.95. The number of aliphatic hydroxyl groups is 1. The molecule has 1 fully saturated rings. The van der Waals surface area contributed by atoms with Crippen molar-refractivity contribution in [3.05, 3.63) is 87.3 Å². The number of carbonyl (C=O) groups is 2. The number of nitrogens with zero attached hydrogens (tertiary/aromatic N) is 2. The fourth-order valence-corrected chi connectivity index (χ4v) is 3.71. The number of hydrogen-bond acceptors (Lipinski definition) is 5. The van der Waals surface area contributed by atoms with E-state index in [2.05, 4.69) is 21.1 Å². The number of carbonyl (C=O) groups excluding carboxylic acids is 2. The lowest BCUT2D eigenvalue weighted by Gasteiger charge is -2.23. The number of aromatic nitrogens is 1. The van der Waals surface area contributed by atoms with Crippen LogP contribution in [0.3, 0.4) is 0 Å². The van der Waals surface area contributed by atoms with Crippen LogP contribution < -0.4 is 4.90 Å². The van der Waals surface area contributed by atoms with E-state index in [4.69, 9.17) is 4.52 Å². The summed E-state index contributed by atoms with van der Waals surface area (Å²) in [5.74, 6) is -1.95. The van der Waals surface area contributed by atoms with Gasteiger partial charge in [0, 0.05) is 16.1 Å². The Morgan fingerprint density at radius 3 is 2.52 bits per heavy atom. The molecule has 1 aromatic heterocycles. The Bertz CT molecular complexity index is 1150. The molecule has 0 radical (unpaired) electrons. The van der Waals surface area contributed by atoms with Gasteiger partial charge >= 0.3 is 5.91 Å². The maximum Gasteiger partial charge on any atom is 0.301 e. The predicted molar refractivity (Wildman–Crippen MR) is 107 cm³/mol. The zero-order chi connectivity index (χ0) is 20.7. The van der Waals surface area contributed by atoms with Gasteiger partial charge in [0.05, 0.1) is 11.6 Å². The van der Waals surface area contributed by atoms with Crippen molar-refractivity contribution in [1.82, 2.24) is 5.16 Å². The molecule has 1 amide bonds. The van der Waals surface area contributed by atoms with Gasteiger partial charge < -0.3 is 9.63 Å². The number of amides is 1. The Labute approximate surface area is 173 Å². The van der Waals surface area contributed by atoms with Crippen molar-refractivity contribution in [3.8, 4) is 0 Å². The van der Waals surface area contributed by atoms with E-state index in [1.807, 2.05) is 0 Å². The van der Waals surface area contributed by atoms with Crippen molar-refractivity contribution in [1.29, 1.82) is 0 Å². The highest BCUT2D eigenvalue weighted by Gasteiger charge is 2.48. The molecule has 4 rings (SSSR count). The largest absolute Gasteiger partial charge is 0.507 e. The van der Waals surface area contributed by atoms with Gasteiger partial charge in [-0.2, -0.15) is 0 Å². The van der Waals surface area contributed by atoms with E-state index in [9.17, 15) is 19.1 Å². The van der Waals surface area contributed by atoms with Crippen LogP contribution in [0.4, 0.5) is 10.2 Å². The molecule has 0 spiro atoms. The van der Waals surface area contributed by atoms with Gasteiger partial charge in [0.25, 0.3) is 5.78 Å². The minimum absolute atomic E-state index is 0.111. The molecule has 1 N–H and O–H groups in total. The van der Waals surface area contributed by atoms with Gasteiger partial charge in [0.2, 0.25) is 0 Å². The average Bonchev–Trinajstić information content (AvgIpc) is 3.23. The van der Waals surface area contributed by atoms with Gasteiger partial charge in [0.15, 0.2) is 5.82 Å². The van der Waals surface area contributed by atoms with Crippen LogP contribution in [0.15, 0.2) is 69.2 Å². The highest BCUT2D eigenvalue weighted by Crippen LogP contribution is 2.42. The number of hydrogen-bond donors (Lipinski definition) is 1. The number of rotatable bonds is 3. The van der Waals surface area contributed by atoms with Crippen molar-refractivity contribution in [2.45, 2.75) is 13.0 Å². The molecule has 146 valence electrons. The predicted octanol–water partition coefficient (Wildman–Crippen LogP) is 4.51. The molecule has 1 aliphatic heterocycles. The number of benzene rings is 2. The second-order valence-corrected chi connectivity index (χ2v) is 7.44. The molecule has 1 atom stereocenters. The molecule has 2 aromatic carbocycles. The molecule has 3 aromatic rings. The van der Waals surface area contributed by atoms with Crippen molar-refractivity contribution in [2.24, 2.45) is 0 Å². The molecular formula is C21H14BrFN2O4. The molecule has 29 heavy (non-hydrogen) atoms. The molecule has 8 heteroatoms. The normalized spacial score (nSPS) is 18.4. The summed E-state index contributed by atoms with van der Waals surface area (Å²) in [4.78, 5) is 26.9. The Morgan fingerprint density at radius 2 is 1.90 bits per heavy atom. The van der Waals surface area contributed by atoms with Crippen LogP contribution in [0.1, 0.15) is 22.9 Å². The molecular weight excluding hydrogens is 443 g/mol. The van der Waals surface area contributed by atoms with Crippen LogP contribution in [-0.4, -0.2) is 22.0 Å². The molecule has 0 aliphatic carbocycles. The van der Waals surface area contributed by atoms with E-state index in [0.717, 1.165) is 4.47 Å². The number of Topliss-reactive ketones (excluding diaryl/α,β-unsaturated/α-hetero) is 1. The van der Waals surface area contributed by atoms with E-state index in [-0.39, 0.29) is 17.0 Å². The minimum Gasteiger partial charge on any atom is -0.507 e. The zero-order valence-corrected chi connectivity index (χ0v) is 16.7. The molecule has 0 unspecified atom stereocenters. The fraction of sp³-hybridized carbons (Fsp3) is 0.0952. The van der Waals surface area contributed by atoms with Crippen molar-refractivity contribution >= 4 is 39.2 Å². The van der Waals surface area contributed by atoms with Gasteiger partial charge in [-0.3, -0.25) is 14.5 Å².